The van der Waals surface area contributed by atoms with Gasteiger partial charge in [0.2, 0.25) is 0 Å². The molecule has 0 amide bonds. The van der Waals surface area contributed by atoms with Crippen LogP contribution in [0.25, 0.3) is 33.4 Å². The topological polar surface area (TPSA) is 24.9 Å². The molecule has 55 heavy (non-hydrogen) atoms. The largest absolute Gasteiger partial charge is 0.453 e. The van der Waals surface area contributed by atoms with Crippen molar-refractivity contribution in [1.82, 2.24) is 0 Å². The van der Waals surface area contributed by atoms with Crippen LogP contribution in [0.1, 0.15) is 0 Å². The number of para-hydroxylation sites is 10. The lowest BCUT2D eigenvalue weighted by Crippen LogP contribution is -2.49. The Morgan fingerprint density at radius 3 is 1.00 bits per heavy atom. The summed E-state index contributed by atoms with van der Waals surface area (Å²) in [6.07, 6.45) is 0. The lowest BCUT2D eigenvalue weighted by atomic mass is 9.94. The molecule has 3 aliphatic heterocycles. The van der Waals surface area contributed by atoms with Gasteiger partial charge in [-0.15, -0.1) is 0 Å². The van der Waals surface area contributed by atoms with Gasteiger partial charge in [0.25, 0.3) is 0 Å². The van der Waals surface area contributed by atoms with E-state index in [1.807, 2.05) is 48.5 Å². The van der Waals surface area contributed by atoms with E-state index in [2.05, 4.69) is 156 Å². The zero-order valence-corrected chi connectivity index (χ0v) is 31.5. The summed E-state index contributed by atoms with van der Waals surface area (Å²) in [5, 5.41) is 2.96. The molecule has 0 radical (unpaired) electrons. The van der Waals surface area contributed by atoms with Crippen molar-refractivity contribution in [1.29, 1.82) is 0 Å². The van der Waals surface area contributed by atoms with Gasteiger partial charge in [0.1, 0.15) is 8.07 Å². The molecule has 0 saturated carbocycles. The first-order chi connectivity index (χ1) is 27.0. The zero-order chi connectivity index (χ0) is 36.7. The minimum atomic E-state index is -1.96. The average Bonchev–Trinajstić information content (AvgIpc) is 3.46. The molecule has 0 unspecified atom stereocenters. The highest BCUT2D eigenvalue weighted by atomic mass is 28.3. The highest BCUT2D eigenvalue weighted by Gasteiger charge is 2.38. The Labute approximate surface area is 322 Å². The van der Waals surface area contributed by atoms with E-state index in [0.717, 1.165) is 57.1 Å². The van der Waals surface area contributed by atoms with Crippen LogP contribution in [0.15, 0.2) is 182 Å². The normalized spacial score (nSPS) is 14.0. The highest BCUT2D eigenvalue weighted by Crippen LogP contribution is 2.54. The summed E-state index contributed by atoms with van der Waals surface area (Å²) in [6.45, 7) is 4.98. The lowest BCUT2D eigenvalue weighted by molar-refractivity contribution is 0.477. The first-order valence-electron chi connectivity index (χ1n) is 18.8. The fraction of sp³-hybridized carbons (Fsp3) is 0.0400. The Morgan fingerprint density at radius 1 is 0.327 bits per heavy atom. The monoisotopic (exact) mass is 724 g/mol. The van der Waals surface area contributed by atoms with Gasteiger partial charge in [-0.1, -0.05) is 122 Å². The SMILES string of the molecule is C[Si]1(C)c2ccc(-c3ccccc3N3c4ccccc4Oc4ccccc43)cc2-c2cc(-c3ccccc3N3c4ccccc4Oc4ccccc43)ccc21. The maximum atomic E-state index is 6.38. The molecule has 11 rings (SSSR count). The van der Waals surface area contributed by atoms with Gasteiger partial charge in [-0.3, -0.25) is 0 Å². The Kier molecular flexibility index (Phi) is 6.97. The van der Waals surface area contributed by atoms with E-state index in [4.69, 9.17) is 9.47 Å². The number of hydrogen-bond donors (Lipinski definition) is 0. The van der Waals surface area contributed by atoms with Crippen LogP contribution in [0.2, 0.25) is 13.1 Å². The van der Waals surface area contributed by atoms with Crippen LogP contribution in [0.3, 0.4) is 0 Å². The molecule has 4 nitrogen and oxygen atoms in total. The molecule has 5 heteroatoms. The number of fused-ring (bicyclic) bond motifs is 7. The van der Waals surface area contributed by atoms with Crippen LogP contribution in [-0.4, -0.2) is 8.07 Å². The Morgan fingerprint density at radius 2 is 0.636 bits per heavy atom. The average molecular weight is 725 g/mol. The summed E-state index contributed by atoms with van der Waals surface area (Å²) in [5.41, 5.74) is 13.8. The molecule has 8 aromatic carbocycles. The van der Waals surface area contributed by atoms with Crippen molar-refractivity contribution >= 4 is 52.6 Å². The Bertz CT molecular complexity index is 2560. The predicted molar refractivity (Wildman–Crippen MR) is 229 cm³/mol. The van der Waals surface area contributed by atoms with E-state index < -0.39 is 8.07 Å². The van der Waals surface area contributed by atoms with E-state index in [1.54, 1.807) is 0 Å². The molecule has 0 bridgehead atoms. The maximum absolute atomic E-state index is 6.38. The first-order valence-corrected chi connectivity index (χ1v) is 21.8. The Hall–Kier alpha value is -6.82. The molecular formula is C50H36N2O2Si. The van der Waals surface area contributed by atoms with Crippen molar-refractivity contribution in [2.45, 2.75) is 13.1 Å². The van der Waals surface area contributed by atoms with E-state index in [0.29, 0.717) is 0 Å². The molecule has 0 aliphatic carbocycles. The molecule has 0 fully saturated rings. The third kappa shape index (κ3) is 4.83. The first kappa shape index (κ1) is 31.7. The Balaban J connectivity index is 1.06. The summed E-state index contributed by atoms with van der Waals surface area (Å²) in [7, 11) is -1.96. The second-order valence-corrected chi connectivity index (χ2v) is 19.3. The minimum absolute atomic E-state index is 0.850. The quantitative estimate of drug-likeness (QED) is 0.169. The van der Waals surface area contributed by atoms with Crippen molar-refractivity contribution in [2.75, 3.05) is 9.80 Å². The van der Waals surface area contributed by atoms with Crippen molar-refractivity contribution in [3.8, 4) is 56.4 Å². The van der Waals surface area contributed by atoms with Crippen LogP contribution in [0.5, 0.6) is 23.0 Å². The molecule has 0 aromatic heterocycles. The summed E-state index contributed by atoms with van der Waals surface area (Å²) in [5.74, 6) is 3.40. The van der Waals surface area contributed by atoms with Crippen LogP contribution in [0.4, 0.5) is 34.1 Å². The number of hydrogen-bond acceptors (Lipinski definition) is 4. The van der Waals surface area contributed by atoms with E-state index in [1.165, 1.54) is 43.8 Å². The van der Waals surface area contributed by atoms with Gasteiger partial charge in [0, 0.05) is 11.1 Å². The molecule has 0 N–H and O–H groups in total. The standard InChI is InChI=1S/C50H36N2O2Si/c1-55(2)49-29-27-33(35-15-3-5-17-39(35)51-41-19-7-11-23-45(41)53-46-24-12-8-20-42(46)51)31-37(49)38-32-34(28-30-50(38)55)36-16-4-6-18-40(36)52-43-21-9-13-25-47(43)54-48-26-14-10-22-44(48)52/h3-32H,1-2H3. The van der Waals surface area contributed by atoms with Gasteiger partial charge in [0.15, 0.2) is 23.0 Å². The van der Waals surface area contributed by atoms with Gasteiger partial charge in [-0.05, 0) is 105 Å². The fourth-order valence-corrected chi connectivity index (χ4v) is 11.9. The number of anilines is 6. The predicted octanol–water partition coefficient (Wildman–Crippen LogP) is 13.0. The molecular weight excluding hydrogens is 689 g/mol. The van der Waals surface area contributed by atoms with Crippen LogP contribution in [-0.2, 0) is 0 Å². The molecule has 0 saturated heterocycles. The smallest absolute Gasteiger partial charge is 0.151 e. The zero-order valence-electron chi connectivity index (χ0n) is 30.5. The third-order valence-electron chi connectivity index (χ3n) is 11.5. The molecule has 3 heterocycles. The minimum Gasteiger partial charge on any atom is -0.453 e. The summed E-state index contributed by atoms with van der Waals surface area (Å²) >= 11 is 0. The van der Waals surface area contributed by atoms with Gasteiger partial charge in [-0.25, -0.2) is 0 Å². The van der Waals surface area contributed by atoms with Crippen LogP contribution < -0.4 is 29.6 Å². The van der Waals surface area contributed by atoms with Crippen molar-refractivity contribution < 1.29 is 9.47 Å². The van der Waals surface area contributed by atoms with E-state index in [9.17, 15) is 0 Å². The highest BCUT2D eigenvalue weighted by molar-refractivity contribution is 7.03. The summed E-state index contributed by atoms with van der Waals surface area (Å²) < 4.78 is 12.8. The second-order valence-electron chi connectivity index (χ2n) is 14.9. The van der Waals surface area contributed by atoms with E-state index in [-0.39, 0.29) is 0 Å². The van der Waals surface area contributed by atoms with Crippen molar-refractivity contribution in [3.63, 3.8) is 0 Å². The molecule has 0 atom stereocenters. The summed E-state index contributed by atoms with van der Waals surface area (Å²) in [6, 6.07) is 65.1. The van der Waals surface area contributed by atoms with Gasteiger partial charge in [-0.2, -0.15) is 0 Å². The van der Waals surface area contributed by atoms with Gasteiger partial charge >= 0.3 is 0 Å². The molecule has 0 spiro atoms. The number of rotatable bonds is 4. The second kappa shape index (κ2) is 12.1. The van der Waals surface area contributed by atoms with Gasteiger partial charge < -0.3 is 19.3 Å². The molecule has 262 valence electrons. The van der Waals surface area contributed by atoms with Crippen molar-refractivity contribution in [2.24, 2.45) is 0 Å². The van der Waals surface area contributed by atoms with Crippen LogP contribution in [0, 0.1) is 0 Å². The van der Waals surface area contributed by atoms with E-state index >= 15 is 0 Å². The van der Waals surface area contributed by atoms with Crippen molar-refractivity contribution in [3.05, 3.63) is 182 Å². The number of nitrogens with zero attached hydrogens (tertiary/aromatic N) is 2. The maximum Gasteiger partial charge on any atom is 0.151 e. The molecule has 8 aromatic rings. The third-order valence-corrected chi connectivity index (χ3v) is 15.0. The fourth-order valence-electron chi connectivity index (χ4n) is 8.86. The summed E-state index contributed by atoms with van der Waals surface area (Å²) in [4.78, 5) is 4.70. The van der Waals surface area contributed by atoms with Crippen LogP contribution >= 0.6 is 0 Å². The number of ether oxygens (including phenoxy) is 2. The lowest BCUT2D eigenvalue weighted by Gasteiger charge is -2.34. The van der Waals surface area contributed by atoms with Gasteiger partial charge in [0.05, 0.1) is 34.1 Å². The molecule has 3 aliphatic rings. The number of benzene rings is 8.